The average molecular weight is 1040 g/mol. The Morgan fingerprint density at radius 2 is 0.960 bits per heavy atom. The fourth-order valence-corrected chi connectivity index (χ4v) is 6.40. The number of nitrogens with two attached hydrogens (primary N) is 9. The van der Waals surface area contributed by atoms with E-state index >= 15 is 0 Å². The molecule has 0 spiro atoms. The van der Waals surface area contributed by atoms with E-state index in [1.54, 1.807) is 30.3 Å². The van der Waals surface area contributed by atoms with E-state index < -0.39 is 130 Å². The van der Waals surface area contributed by atoms with E-state index in [0.717, 1.165) is 28.2 Å². The van der Waals surface area contributed by atoms with Gasteiger partial charge in [0.25, 0.3) is 40.9 Å². The standard InChI is InChI=1S/C43H51N21O11/c44-29(65)30(58-40(45)46)54-35(67)32(60-42(49)50)56-37(69)33(61-43(51)52)57-36(68)31(59-41(47)48)55-34(66)28(24-9-5-2-6-10-24)53-38(70)39(71)62(26-18-17-25(63(72)73)19-27(26)64(74)75)20-23-15-13-22(14-16-23)12-11-21-7-3-1-4-8-21/h1-19,28,30-33,39,71H,20H2,(H2,44,65)(H,53,70)(H,54,67)(H,55,66)(H,56,69)(H,57,68)(H4,45,46,58)(H4,47,48,59)(H4,49,50,60)(H4,51,52,61)/b12-11+. The molecule has 0 radical (unpaired) electrons. The molecule has 32 heteroatoms. The van der Waals surface area contributed by atoms with Crippen molar-refractivity contribution >= 4 is 88.5 Å². The average Bonchev–Trinajstić information content (AvgIpc) is 3.35. The molecular weight excluding hydrogens is 987 g/mol. The zero-order chi connectivity index (χ0) is 55.5. The van der Waals surface area contributed by atoms with Gasteiger partial charge < -0.3 is 88.2 Å². The van der Waals surface area contributed by atoms with Crippen LogP contribution in [0.5, 0.6) is 0 Å². The molecule has 4 aromatic rings. The van der Waals surface area contributed by atoms with Crippen LogP contribution in [0.1, 0.15) is 28.3 Å². The highest BCUT2D eigenvalue weighted by molar-refractivity contribution is 5.99. The first-order chi connectivity index (χ1) is 35.4. The van der Waals surface area contributed by atoms with Crippen LogP contribution in [0.4, 0.5) is 17.1 Å². The molecule has 0 fully saturated rings. The van der Waals surface area contributed by atoms with Crippen molar-refractivity contribution < 1.29 is 43.7 Å². The Morgan fingerprint density at radius 1 is 0.533 bits per heavy atom. The van der Waals surface area contributed by atoms with Crippen molar-refractivity contribution in [3.8, 4) is 0 Å². The number of amides is 6. The molecule has 0 bridgehead atoms. The number of nitro benzene ring substituents is 2. The van der Waals surface area contributed by atoms with Gasteiger partial charge in [-0.15, -0.1) is 0 Å². The highest BCUT2D eigenvalue weighted by atomic mass is 16.6. The molecule has 4 aromatic carbocycles. The number of rotatable bonds is 24. The molecule has 4 rings (SSSR count). The Kier molecular flexibility index (Phi) is 19.9. The van der Waals surface area contributed by atoms with Crippen LogP contribution >= 0.6 is 0 Å². The predicted octanol–water partition coefficient (Wildman–Crippen LogP) is -4.80. The molecule has 0 aromatic heterocycles. The Balaban J connectivity index is 1.67. The van der Waals surface area contributed by atoms with Gasteiger partial charge in [0.15, 0.2) is 23.8 Å². The second-order valence-corrected chi connectivity index (χ2v) is 15.3. The zero-order valence-corrected chi connectivity index (χ0v) is 39.0. The summed E-state index contributed by atoms with van der Waals surface area (Å²) in [7, 11) is 0. The molecule has 0 saturated carbocycles. The van der Waals surface area contributed by atoms with Gasteiger partial charge in [0.2, 0.25) is 36.8 Å². The van der Waals surface area contributed by atoms with Crippen LogP contribution in [0.3, 0.4) is 0 Å². The molecule has 6 unspecified atom stereocenters. The SMILES string of the molecule is NC(=O)C(N=C(N)N)NC(=O)C(N=C(N)N)NC(=O)C(N=C(N)N)NC(=O)C(N=C(N)N)NC(=O)C(NC(=O)C(O)N(Cc1ccc(/C=C/c2ccccc2)cc1)c1ccc([N+](=O)[O-])cc1[N+](=O)[O-])c1ccccc1. The van der Waals surface area contributed by atoms with Crippen molar-refractivity contribution in [2.45, 2.75) is 43.5 Å². The van der Waals surface area contributed by atoms with Gasteiger partial charge in [-0.3, -0.25) is 49.0 Å². The van der Waals surface area contributed by atoms with Crippen LogP contribution in [0.2, 0.25) is 0 Å². The summed E-state index contributed by atoms with van der Waals surface area (Å²) in [5.74, 6) is -11.3. The van der Waals surface area contributed by atoms with E-state index in [2.05, 4.69) is 30.6 Å². The molecule has 0 saturated heterocycles. The van der Waals surface area contributed by atoms with Gasteiger partial charge in [0, 0.05) is 12.6 Å². The van der Waals surface area contributed by atoms with Gasteiger partial charge >= 0.3 is 0 Å². The number of hydrogen-bond donors (Lipinski definition) is 15. The summed E-state index contributed by atoms with van der Waals surface area (Å²) in [5.41, 5.74) is 48.9. The number of carbonyl (C=O) groups excluding carboxylic acids is 6. The highest BCUT2D eigenvalue weighted by Crippen LogP contribution is 2.34. The van der Waals surface area contributed by atoms with E-state index in [1.807, 2.05) is 58.4 Å². The lowest BCUT2D eigenvalue weighted by molar-refractivity contribution is -0.393. The highest BCUT2D eigenvalue weighted by Gasteiger charge is 2.36. The first-order valence-electron chi connectivity index (χ1n) is 21.3. The van der Waals surface area contributed by atoms with Crippen LogP contribution < -0.4 is 83.1 Å². The van der Waals surface area contributed by atoms with Crippen LogP contribution in [-0.2, 0) is 35.3 Å². The fraction of sp³-hybridized carbons (Fsp3) is 0.163. The molecule has 6 atom stereocenters. The van der Waals surface area contributed by atoms with Gasteiger partial charge in [-0.25, -0.2) is 20.0 Å². The largest absolute Gasteiger partial charge is 0.370 e. The van der Waals surface area contributed by atoms with Crippen molar-refractivity contribution in [1.29, 1.82) is 0 Å². The smallest absolute Gasteiger partial charge is 0.299 e. The molecule has 75 heavy (non-hydrogen) atoms. The Morgan fingerprint density at radius 3 is 1.40 bits per heavy atom. The summed E-state index contributed by atoms with van der Waals surface area (Å²) in [6.07, 6.45) is -7.18. The van der Waals surface area contributed by atoms with Gasteiger partial charge in [-0.05, 0) is 28.3 Å². The third kappa shape index (κ3) is 17.2. The lowest BCUT2D eigenvalue weighted by Gasteiger charge is -2.30. The summed E-state index contributed by atoms with van der Waals surface area (Å²) >= 11 is 0. The van der Waals surface area contributed by atoms with Gasteiger partial charge in [-0.1, -0.05) is 97.1 Å². The first kappa shape index (κ1) is 56.7. The van der Waals surface area contributed by atoms with E-state index in [4.69, 9.17) is 51.6 Å². The third-order valence-corrected chi connectivity index (χ3v) is 9.73. The van der Waals surface area contributed by atoms with Crippen molar-refractivity contribution in [2.24, 2.45) is 71.6 Å². The molecule has 24 N–H and O–H groups in total. The van der Waals surface area contributed by atoms with Gasteiger partial charge in [-0.2, -0.15) is 0 Å². The van der Waals surface area contributed by atoms with E-state index in [0.29, 0.717) is 11.6 Å². The summed E-state index contributed by atoms with van der Waals surface area (Å²) in [5, 5.41) is 46.4. The number of nitro groups is 2. The van der Waals surface area contributed by atoms with Crippen LogP contribution in [0.25, 0.3) is 12.2 Å². The number of aliphatic hydroxyl groups is 1. The minimum Gasteiger partial charge on any atom is -0.370 e. The fourth-order valence-electron chi connectivity index (χ4n) is 6.40. The maximum atomic E-state index is 14.3. The van der Waals surface area contributed by atoms with E-state index in [9.17, 15) is 54.1 Å². The van der Waals surface area contributed by atoms with Crippen molar-refractivity contribution in [3.05, 3.63) is 146 Å². The Labute approximate surface area is 423 Å². The molecular formula is C43H51N21O11. The minimum atomic E-state index is -2.39. The molecule has 0 aliphatic carbocycles. The third-order valence-electron chi connectivity index (χ3n) is 9.73. The number of nitrogens with one attached hydrogen (secondary N) is 5. The number of carbonyl (C=O) groups is 6. The lowest BCUT2D eigenvalue weighted by Crippen LogP contribution is -2.58. The molecule has 6 amide bonds. The number of guanidine groups is 4. The maximum Gasteiger partial charge on any atom is 0.299 e. The topological polar surface area (TPSA) is 556 Å². The summed E-state index contributed by atoms with van der Waals surface area (Å²) in [4.78, 5) is 118. The first-order valence-corrected chi connectivity index (χ1v) is 21.3. The number of hydrogen-bond acceptors (Lipinski definition) is 16. The normalized spacial score (nSPS) is 13.0. The Bertz CT molecular complexity index is 2900. The number of aliphatic imine (C=N–C) groups is 4. The van der Waals surface area contributed by atoms with Crippen molar-refractivity contribution in [2.75, 3.05) is 4.90 Å². The number of anilines is 1. The summed E-state index contributed by atoms with van der Waals surface area (Å²) < 4.78 is 0. The van der Waals surface area contributed by atoms with Crippen LogP contribution in [0.15, 0.2) is 123 Å². The van der Waals surface area contributed by atoms with Gasteiger partial charge in [0.05, 0.1) is 15.9 Å². The van der Waals surface area contributed by atoms with Crippen molar-refractivity contribution in [3.63, 3.8) is 0 Å². The zero-order valence-electron chi connectivity index (χ0n) is 39.0. The van der Waals surface area contributed by atoms with Crippen LogP contribution in [-0.4, -0.2) is 105 Å². The molecule has 0 aliphatic rings. The van der Waals surface area contributed by atoms with E-state index in [-0.39, 0.29) is 5.56 Å². The Hall–Kier alpha value is -10.9. The van der Waals surface area contributed by atoms with E-state index in [1.165, 1.54) is 24.3 Å². The molecule has 0 heterocycles. The van der Waals surface area contributed by atoms with Gasteiger partial charge in [0.1, 0.15) is 11.7 Å². The summed E-state index contributed by atoms with van der Waals surface area (Å²) in [6, 6.07) is 23.8. The summed E-state index contributed by atoms with van der Waals surface area (Å²) in [6.45, 7) is -0.432. The predicted molar refractivity (Wildman–Crippen MR) is 271 cm³/mol. The molecule has 0 aliphatic heterocycles. The number of benzene rings is 4. The molecule has 32 nitrogen and oxygen atoms in total. The number of aliphatic hydroxyl groups excluding tert-OH is 1. The lowest BCUT2D eigenvalue weighted by atomic mass is 10.1. The maximum absolute atomic E-state index is 14.3. The van der Waals surface area contributed by atoms with Crippen molar-refractivity contribution in [1.82, 2.24) is 26.6 Å². The number of non-ortho nitro benzene ring substituents is 1. The number of primary amides is 1. The van der Waals surface area contributed by atoms with Crippen LogP contribution in [0, 0.1) is 20.2 Å². The second-order valence-electron chi connectivity index (χ2n) is 15.3. The minimum absolute atomic E-state index is 0.00615. The number of nitrogens with zero attached hydrogens (tertiary/aromatic N) is 7. The molecule has 394 valence electrons. The quantitative estimate of drug-likeness (QED) is 0.00782. The second kappa shape index (κ2) is 26.3. The monoisotopic (exact) mass is 1040 g/mol.